The number of nitrogens with zero attached hydrogens (tertiary/aromatic N) is 1. The van der Waals surface area contributed by atoms with Crippen molar-refractivity contribution in [1.29, 1.82) is 0 Å². The fraction of sp³-hybridized carbons (Fsp3) is 0.290. The second-order valence-corrected chi connectivity index (χ2v) is 9.55. The summed E-state index contributed by atoms with van der Waals surface area (Å²) >= 11 is 0. The number of ether oxygens (including phenoxy) is 3. The second-order valence-electron chi connectivity index (χ2n) is 9.55. The van der Waals surface area contributed by atoms with Crippen molar-refractivity contribution in [1.82, 2.24) is 4.90 Å². The van der Waals surface area contributed by atoms with Gasteiger partial charge in [-0.3, -0.25) is 9.69 Å². The number of piperidine rings is 1. The molecule has 0 aliphatic carbocycles. The summed E-state index contributed by atoms with van der Waals surface area (Å²) in [5.74, 6) is -2.60. The standard InChI is InChI=1S/C31H31F3N2O5/c1-39-27-15-11-22(19-28(27)41-30(38)31(32,33)34)12-16-29(37)35-26-8-4-3-7-24(26)21-40-25-13-9-23(10-14-25)20-36-17-5-2-6-18-36/h3-4,7-16,19H,2,5-6,17-18,20-21H2,1H3,(H,35,37). The topological polar surface area (TPSA) is 77.1 Å². The van der Waals surface area contributed by atoms with Crippen molar-refractivity contribution < 1.29 is 37.0 Å². The molecule has 7 nitrogen and oxygen atoms in total. The zero-order chi connectivity index (χ0) is 29.2. The highest BCUT2D eigenvalue weighted by Crippen LogP contribution is 2.31. The molecule has 1 aliphatic heterocycles. The lowest BCUT2D eigenvalue weighted by molar-refractivity contribution is -0.189. The van der Waals surface area contributed by atoms with Crippen LogP contribution in [0.5, 0.6) is 17.2 Å². The van der Waals surface area contributed by atoms with Gasteiger partial charge in [0.15, 0.2) is 11.5 Å². The number of hydrogen-bond donors (Lipinski definition) is 1. The Morgan fingerprint density at radius 2 is 1.68 bits per heavy atom. The highest BCUT2D eigenvalue weighted by atomic mass is 19.4. The summed E-state index contributed by atoms with van der Waals surface area (Å²) in [4.78, 5) is 26.3. The minimum Gasteiger partial charge on any atom is -0.493 e. The van der Waals surface area contributed by atoms with Crippen LogP contribution in [0, 0.1) is 0 Å². The lowest BCUT2D eigenvalue weighted by atomic mass is 10.1. The molecule has 1 fully saturated rings. The summed E-state index contributed by atoms with van der Waals surface area (Å²) in [6, 6.07) is 19.2. The van der Waals surface area contributed by atoms with Crippen molar-refractivity contribution in [2.75, 3.05) is 25.5 Å². The maximum absolute atomic E-state index is 12.6. The quantitative estimate of drug-likeness (QED) is 0.174. The third-order valence-corrected chi connectivity index (χ3v) is 6.50. The van der Waals surface area contributed by atoms with Crippen molar-refractivity contribution in [2.45, 2.75) is 38.6 Å². The summed E-state index contributed by atoms with van der Waals surface area (Å²) in [6.07, 6.45) is 1.23. The minimum atomic E-state index is -5.16. The molecule has 0 atom stereocenters. The lowest BCUT2D eigenvalue weighted by Gasteiger charge is -2.26. The van der Waals surface area contributed by atoms with Crippen molar-refractivity contribution >= 4 is 23.6 Å². The van der Waals surface area contributed by atoms with Crippen LogP contribution >= 0.6 is 0 Å². The number of carbonyl (C=O) groups excluding carboxylic acids is 2. The molecule has 4 rings (SSSR count). The molecule has 1 heterocycles. The maximum Gasteiger partial charge on any atom is 0.491 e. The third kappa shape index (κ3) is 8.84. The first-order valence-electron chi connectivity index (χ1n) is 13.2. The fourth-order valence-electron chi connectivity index (χ4n) is 4.38. The van der Waals surface area contributed by atoms with Crippen LogP contribution in [0.1, 0.15) is 36.0 Å². The highest BCUT2D eigenvalue weighted by Gasteiger charge is 2.41. The Labute approximate surface area is 236 Å². The Kier molecular flexibility index (Phi) is 10.0. The first kappa shape index (κ1) is 29.7. The molecule has 0 aromatic heterocycles. The number of benzene rings is 3. The van der Waals surface area contributed by atoms with Gasteiger partial charge in [-0.2, -0.15) is 13.2 Å². The van der Waals surface area contributed by atoms with Crippen LogP contribution in [-0.4, -0.2) is 43.2 Å². The predicted molar refractivity (Wildman–Crippen MR) is 149 cm³/mol. The summed E-state index contributed by atoms with van der Waals surface area (Å²) in [7, 11) is 1.23. The number of nitrogens with one attached hydrogen (secondary N) is 1. The van der Waals surface area contributed by atoms with Gasteiger partial charge in [-0.25, -0.2) is 4.79 Å². The van der Waals surface area contributed by atoms with E-state index >= 15 is 0 Å². The number of likely N-dealkylation sites (tertiary alicyclic amines) is 1. The van der Waals surface area contributed by atoms with Crippen molar-refractivity contribution in [2.24, 2.45) is 0 Å². The summed E-state index contributed by atoms with van der Waals surface area (Å²) < 4.78 is 53.2. The van der Waals surface area contributed by atoms with E-state index in [-0.39, 0.29) is 12.4 Å². The van der Waals surface area contributed by atoms with Gasteiger partial charge in [-0.1, -0.05) is 42.8 Å². The molecule has 0 bridgehead atoms. The highest BCUT2D eigenvalue weighted by molar-refractivity contribution is 6.02. The SMILES string of the molecule is COc1ccc(C=CC(=O)Nc2ccccc2COc2ccc(CN3CCCCC3)cc2)cc1OC(=O)C(F)(F)F. The summed E-state index contributed by atoms with van der Waals surface area (Å²) in [5.41, 5.74) is 2.88. The molecule has 1 aliphatic rings. The summed E-state index contributed by atoms with van der Waals surface area (Å²) in [6.45, 7) is 3.43. The zero-order valence-electron chi connectivity index (χ0n) is 22.6. The maximum atomic E-state index is 12.6. The van der Waals surface area contributed by atoms with Gasteiger partial charge >= 0.3 is 12.1 Å². The summed E-state index contributed by atoms with van der Waals surface area (Å²) in [5, 5.41) is 2.79. The van der Waals surface area contributed by atoms with E-state index in [0.717, 1.165) is 30.9 Å². The van der Waals surface area contributed by atoms with Crippen LogP contribution in [0.25, 0.3) is 6.08 Å². The van der Waals surface area contributed by atoms with Crippen molar-refractivity contribution in [3.63, 3.8) is 0 Å². The van der Waals surface area contributed by atoms with Gasteiger partial charge in [0.25, 0.3) is 0 Å². The first-order chi connectivity index (χ1) is 19.7. The number of methoxy groups -OCH3 is 1. The van der Waals surface area contributed by atoms with Gasteiger partial charge in [-0.15, -0.1) is 0 Å². The van der Waals surface area contributed by atoms with E-state index in [4.69, 9.17) is 9.47 Å². The predicted octanol–water partition coefficient (Wildman–Crippen LogP) is 6.38. The van der Waals surface area contributed by atoms with Gasteiger partial charge in [0.05, 0.1) is 7.11 Å². The first-order valence-corrected chi connectivity index (χ1v) is 13.2. The molecule has 0 saturated carbocycles. The molecule has 0 spiro atoms. The number of alkyl halides is 3. The van der Waals surface area contributed by atoms with E-state index < -0.39 is 23.8 Å². The van der Waals surface area contributed by atoms with Gasteiger partial charge in [0.2, 0.25) is 5.91 Å². The van der Waals surface area contributed by atoms with Crippen LogP contribution in [0.15, 0.2) is 72.8 Å². The van der Waals surface area contributed by atoms with Crippen LogP contribution in [0.3, 0.4) is 0 Å². The van der Waals surface area contributed by atoms with Crippen molar-refractivity contribution in [3.05, 3.63) is 89.5 Å². The average Bonchev–Trinajstić information content (AvgIpc) is 2.96. The normalized spacial score (nSPS) is 14.0. The van der Waals surface area contributed by atoms with E-state index in [9.17, 15) is 22.8 Å². The Morgan fingerprint density at radius 3 is 2.39 bits per heavy atom. The van der Waals surface area contributed by atoms with Crippen LogP contribution in [0.2, 0.25) is 0 Å². The number of amides is 1. The molecule has 216 valence electrons. The monoisotopic (exact) mass is 568 g/mol. The van der Waals surface area contributed by atoms with Crippen LogP contribution < -0.4 is 19.5 Å². The molecule has 10 heteroatoms. The number of rotatable bonds is 10. The fourth-order valence-corrected chi connectivity index (χ4v) is 4.38. The molecule has 0 unspecified atom stereocenters. The van der Waals surface area contributed by atoms with Crippen LogP contribution in [-0.2, 0) is 22.7 Å². The number of anilines is 1. The molecule has 1 amide bonds. The van der Waals surface area contributed by atoms with Crippen molar-refractivity contribution in [3.8, 4) is 17.2 Å². The molecular formula is C31H31F3N2O5. The molecular weight excluding hydrogens is 537 g/mol. The molecule has 0 radical (unpaired) electrons. The lowest BCUT2D eigenvalue weighted by Crippen LogP contribution is -2.28. The molecule has 1 N–H and O–H groups in total. The molecule has 3 aromatic rings. The number of esters is 1. The molecule has 3 aromatic carbocycles. The van der Waals surface area contributed by atoms with Crippen LogP contribution in [0.4, 0.5) is 18.9 Å². The largest absolute Gasteiger partial charge is 0.493 e. The smallest absolute Gasteiger partial charge is 0.491 e. The van der Waals surface area contributed by atoms with E-state index in [1.54, 1.807) is 12.1 Å². The van der Waals surface area contributed by atoms with Gasteiger partial charge < -0.3 is 19.5 Å². The van der Waals surface area contributed by atoms with E-state index in [1.807, 2.05) is 24.3 Å². The van der Waals surface area contributed by atoms with Gasteiger partial charge in [0, 0.05) is 23.9 Å². The third-order valence-electron chi connectivity index (χ3n) is 6.50. The Morgan fingerprint density at radius 1 is 0.951 bits per heavy atom. The second kappa shape index (κ2) is 13.8. The van der Waals surface area contributed by atoms with E-state index in [1.165, 1.54) is 62.3 Å². The van der Waals surface area contributed by atoms with Gasteiger partial charge in [0.1, 0.15) is 12.4 Å². The molecule has 41 heavy (non-hydrogen) atoms. The van der Waals surface area contributed by atoms with E-state index in [2.05, 4.69) is 27.1 Å². The average molecular weight is 569 g/mol. The zero-order valence-corrected chi connectivity index (χ0v) is 22.6. The minimum absolute atomic E-state index is 0.0604. The number of carbonyl (C=O) groups is 2. The van der Waals surface area contributed by atoms with Gasteiger partial charge in [-0.05, 0) is 73.5 Å². The molecule has 1 saturated heterocycles. The number of halogens is 3. The number of hydrogen-bond acceptors (Lipinski definition) is 6. The Balaban J connectivity index is 1.35. The Bertz CT molecular complexity index is 1370. The van der Waals surface area contributed by atoms with E-state index in [0.29, 0.717) is 11.3 Å². The number of para-hydroxylation sites is 1. The Hall–Kier alpha value is -4.31.